The van der Waals surface area contributed by atoms with Gasteiger partial charge in [-0.1, -0.05) is 31.9 Å². The van der Waals surface area contributed by atoms with Gasteiger partial charge >= 0.3 is 0 Å². The highest BCUT2D eigenvalue weighted by molar-refractivity contribution is 7.89. The fourth-order valence-electron chi connectivity index (χ4n) is 3.11. The molecule has 2 N–H and O–H groups in total. The van der Waals surface area contributed by atoms with Crippen LogP contribution in [0.15, 0.2) is 29.2 Å². The molecule has 0 heterocycles. The first-order valence-corrected chi connectivity index (χ1v) is 8.69. The molecule has 0 amide bonds. The summed E-state index contributed by atoms with van der Waals surface area (Å²) in [4.78, 5) is 0.110. The molecular weight excluding hydrogens is 290 g/mol. The molecule has 0 radical (unpaired) electrons. The molecule has 21 heavy (non-hydrogen) atoms. The first-order valence-electron chi connectivity index (χ1n) is 7.20. The molecule has 1 saturated carbocycles. The maximum Gasteiger partial charge on any atom is 0.244 e. The van der Waals surface area contributed by atoms with E-state index in [1.807, 2.05) is 0 Å². The number of sulfonamides is 1. The largest absolute Gasteiger partial charge is 0.495 e. The lowest BCUT2D eigenvalue weighted by Gasteiger charge is -2.39. The third kappa shape index (κ3) is 3.56. The van der Waals surface area contributed by atoms with Crippen molar-refractivity contribution in [2.75, 3.05) is 13.7 Å². The maximum absolute atomic E-state index is 12.6. The highest BCUT2D eigenvalue weighted by atomic mass is 32.2. The van der Waals surface area contributed by atoms with E-state index in [2.05, 4.69) is 11.6 Å². The zero-order valence-electron chi connectivity index (χ0n) is 12.5. The molecule has 1 aromatic carbocycles. The number of nitrogens with one attached hydrogen (secondary N) is 1. The molecule has 2 atom stereocenters. The Labute approximate surface area is 126 Å². The minimum atomic E-state index is -3.73. The average Bonchev–Trinajstić information content (AvgIpc) is 2.46. The number of aliphatic hydroxyl groups excluding tert-OH is 1. The van der Waals surface area contributed by atoms with E-state index >= 15 is 0 Å². The molecule has 0 aromatic heterocycles. The fourth-order valence-corrected chi connectivity index (χ4v) is 4.71. The highest BCUT2D eigenvalue weighted by Crippen LogP contribution is 2.34. The van der Waals surface area contributed by atoms with Crippen LogP contribution < -0.4 is 9.46 Å². The van der Waals surface area contributed by atoms with Crippen LogP contribution in [0.25, 0.3) is 0 Å². The molecule has 0 bridgehead atoms. The van der Waals surface area contributed by atoms with Gasteiger partial charge < -0.3 is 9.84 Å². The average molecular weight is 313 g/mol. The van der Waals surface area contributed by atoms with Crippen molar-refractivity contribution in [2.24, 2.45) is 5.92 Å². The van der Waals surface area contributed by atoms with Crippen LogP contribution in [0.3, 0.4) is 0 Å². The Hall–Kier alpha value is -1.11. The molecule has 5 nitrogen and oxygen atoms in total. The second-order valence-electron chi connectivity index (χ2n) is 5.90. The molecule has 1 aliphatic carbocycles. The number of para-hydroxylation sites is 1. The van der Waals surface area contributed by atoms with Gasteiger partial charge in [0.2, 0.25) is 10.0 Å². The van der Waals surface area contributed by atoms with Crippen LogP contribution in [0.4, 0.5) is 0 Å². The molecule has 0 saturated heterocycles. The Morgan fingerprint density at radius 3 is 2.76 bits per heavy atom. The zero-order valence-corrected chi connectivity index (χ0v) is 13.3. The van der Waals surface area contributed by atoms with Crippen LogP contribution in [-0.4, -0.2) is 32.8 Å². The first kappa shape index (κ1) is 16.3. The molecule has 1 aromatic rings. The number of benzene rings is 1. The summed E-state index contributed by atoms with van der Waals surface area (Å²) in [7, 11) is -2.29. The van der Waals surface area contributed by atoms with E-state index in [1.165, 1.54) is 13.2 Å². The topological polar surface area (TPSA) is 75.6 Å². The van der Waals surface area contributed by atoms with E-state index < -0.39 is 15.6 Å². The van der Waals surface area contributed by atoms with Crippen molar-refractivity contribution in [3.8, 4) is 5.75 Å². The summed E-state index contributed by atoms with van der Waals surface area (Å²) in [6.45, 7) is 1.90. The summed E-state index contributed by atoms with van der Waals surface area (Å²) in [6, 6.07) is 6.51. The lowest BCUT2D eigenvalue weighted by atomic mass is 9.78. The third-order valence-corrected chi connectivity index (χ3v) is 5.72. The third-order valence-electron chi connectivity index (χ3n) is 4.10. The Morgan fingerprint density at radius 2 is 2.14 bits per heavy atom. The number of aliphatic hydroxyl groups is 1. The molecule has 0 spiro atoms. The lowest BCUT2D eigenvalue weighted by Crippen LogP contribution is -2.53. The lowest BCUT2D eigenvalue weighted by molar-refractivity contribution is 0.119. The van der Waals surface area contributed by atoms with E-state index in [0.29, 0.717) is 24.5 Å². The second-order valence-corrected chi connectivity index (χ2v) is 7.55. The van der Waals surface area contributed by atoms with Crippen molar-refractivity contribution in [1.82, 2.24) is 4.72 Å². The van der Waals surface area contributed by atoms with Crippen molar-refractivity contribution in [3.05, 3.63) is 24.3 Å². The van der Waals surface area contributed by atoms with Gasteiger partial charge in [-0.05, 0) is 30.9 Å². The Bertz CT molecular complexity index is 587. The minimum Gasteiger partial charge on any atom is -0.495 e. The van der Waals surface area contributed by atoms with Crippen molar-refractivity contribution in [3.63, 3.8) is 0 Å². The number of hydrogen-bond donors (Lipinski definition) is 2. The van der Waals surface area contributed by atoms with Gasteiger partial charge in [0.15, 0.2) is 0 Å². The molecule has 2 rings (SSSR count). The van der Waals surface area contributed by atoms with Gasteiger partial charge in [0.05, 0.1) is 19.3 Å². The number of methoxy groups -OCH3 is 1. The smallest absolute Gasteiger partial charge is 0.244 e. The summed E-state index contributed by atoms with van der Waals surface area (Å²) < 4.78 is 33.1. The van der Waals surface area contributed by atoms with Gasteiger partial charge in [-0.25, -0.2) is 13.1 Å². The van der Waals surface area contributed by atoms with E-state index in [0.717, 1.165) is 12.8 Å². The van der Waals surface area contributed by atoms with Gasteiger partial charge in [0.1, 0.15) is 10.6 Å². The second kappa shape index (κ2) is 6.34. The summed E-state index contributed by atoms with van der Waals surface area (Å²) in [5.41, 5.74) is -0.767. The minimum absolute atomic E-state index is 0.110. The molecule has 2 unspecified atom stereocenters. The predicted molar refractivity (Wildman–Crippen MR) is 80.8 cm³/mol. The monoisotopic (exact) mass is 313 g/mol. The van der Waals surface area contributed by atoms with Crippen molar-refractivity contribution in [2.45, 2.75) is 43.0 Å². The summed E-state index contributed by atoms with van der Waals surface area (Å²) in [5.74, 6) is 0.702. The van der Waals surface area contributed by atoms with E-state index in [9.17, 15) is 13.5 Å². The van der Waals surface area contributed by atoms with E-state index in [1.54, 1.807) is 18.2 Å². The van der Waals surface area contributed by atoms with Crippen LogP contribution in [-0.2, 0) is 10.0 Å². The van der Waals surface area contributed by atoms with Gasteiger partial charge in [-0.3, -0.25) is 0 Å². The standard InChI is InChI=1S/C15H23NO4S/c1-12-6-5-9-15(10-12,11-17)16-21(18,19)14-8-4-3-7-13(14)20-2/h3-4,7-8,12,16-17H,5-6,9-11H2,1-2H3. The quantitative estimate of drug-likeness (QED) is 0.871. The number of hydrogen-bond acceptors (Lipinski definition) is 4. The van der Waals surface area contributed by atoms with Crippen LogP contribution in [0.1, 0.15) is 32.6 Å². The van der Waals surface area contributed by atoms with Gasteiger partial charge in [0, 0.05) is 0 Å². The normalized spacial score (nSPS) is 26.5. The summed E-state index contributed by atoms with van der Waals surface area (Å²) in [5, 5.41) is 9.74. The Kier molecular flexibility index (Phi) is 4.91. The Balaban J connectivity index is 2.31. The van der Waals surface area contributed by atoms with Gasteiger partial charge in [-0.2, -0.15) is 0 Å². The SMILES string of the molecule is COc1ccccc1S(=O)(=O)NC1(CO)CCCC(C)C1. The first-order chi connectivity index (χ1) is 9.92. The summed E-state index contributed by atoms with van der Waals surface area (Å²) >= 11 is 0. The predicted octanol–water partition coefficient (Wildman–Crippen LogP) is 1.91. The van der Waals surface area contributed by atoms with Crippen LogP contribution in [0.5, 0.6) is 5.75 Å². The van der Waals surface area contributed by atoms with Gasteiger partial charge in [0.25, 0.3) is 0 Å². The molecule has 118 valence electrons. The van der Waals surface area contributed by atoms with Crippen molar-refractivity contribution < 1.29 is 18.3 Å². The highest BCUT2D eigenvalue weighted by Gasteiger charge is 2.38. The van der Waals surface area contributed by atoms with Gasteiger partial charge in [-0.15, -0.1) is 0 Å². The van der Waals surface area contributed by atoms with Crippen LogP contribution in [0, 0.1) is 5.92 Å². The fraction of sp³-hybridized carbons (Fsp3) is 0.600. The molecule has 1 fully saturated rings. The van der Waals surface area contributed by atoms with E-state index in [4.69, 9.17) is 4.74 Å². The molecule has 6 heteroatoms. The maximum atomic E-state index is 12.6. The van der Waals surface area contributed by atoms with E-state index in [-0.39, 0.29) is 11.5 Å². The molecule has 0 aliphatic heterocycles. The molecule has 1 aliphatic rings. The van der Waals surface area contributed by atoms with Crippen molar-refractivity contribution in [1.29, 1.82) is 0 Å². The van der Waals surface area contributed by atoms with Crippen molar-refractivity contribution >= 4 is 10.0 Å². The summed E-state index contributed by atoms with van der Waals surface area (Å²) in [6.07, 6.45) is 3.29. The number of ether oxygens (including phenoxy) is 1. The van der Waals surface area contributed by atoms with Crippen LogP contribution in [0.2, 0.25) is 0 Å². The zero-order chi connectivity index (χ0) is 15.5. The van der Waals surface area contributed by atoms with Crippen LogP contribution >= 0.6 is 0 Å². The number of rotatable bonds is 5. The Morgan fingerprint density at radius 1 is 1.43 bits per heavy atom. The molecular formula is C15H23NO4S.